The van der Waals surface area contributed by atoms with E-state index in [4.69, 9.17) is 11.6 Å². The molecule has 0 unspecified atom stereocenters. The summed E-state index contributed by atoms with van der Waals surface area (Å²) in [6.07, 6.45) is 3.26. The van der Waals surface area contributed by atoms with Crippen molar-refractivity contribution in [1.82, 2.24) is 4.98 Å². The number of pyridine rings is 1. The Labute approximate surface area is 129 Å². The molecule has 1 aromatic carbocycles. The summed E-state index contributed by atoms with van der Waals surface area (Å²) in [5, 5.41) is 6.70. The van der Waals surface area contributed by atoms with Gasteiger partial charge in [-0.15, -0.1) is 0 Å². The average Bonchev–Trinajstić information content (AvgIpc) is 2.48. The highest BCUT2D eigenvalue weighted by molar-refractivity contribution is 6.30. The van der Waals surface area contributed by atoms with Crippen LogP contribution in [0.25, 0.3) is 0 Å². The Bertz CT molecular complexity index is 611. The maximum atomic E-state index is 12.2. The first-order chi connectivity index (χ1) is 10.0. The molecule has 0 aliphatic rings. The number of anilines is 2. The number of amides is 1. The molecule has 1 heterocycles. The zero-order valence-corrected chi connectivity index (χ0v) is 12.8. The second-order valence-electron chi connectivity index (χ2n) is 5.20. The van der Waals surface area contributed by atoms with Gasteiger partial charge in [0.2, 0.25) is 0 Å². The Hall–Kier alpha value is -2.07. The van der Waals surface area contributed by atoms with E-state index in [0.717, 1.165) is 12.2 Å². The minimum Gasteiger partial charge on any atom is -0.384 e. The summed E-state index contributed by atoms with van der Waals surface area (Å²) in [5.74, 6) is 0.328. The monoisotopic (exact) mass is 303 g/mol. The van der Waals surface area contributed by atoms with Crippen molar-refractivity contribution in [3.05, 3.63) is 53.3 Å². The van der Waals surface area contributed by atoms with Crippen molar-refractivity contribution < 1.29 is 4.79 Å². The molecule has 21 heavy (non-hydrogen) atoms. The quantitative estimate of drug-likeness (QED) is 0.876. The van der Waals surface area contributed by atoms with Crippen molar-refractivity contribution in [1.29, 1.82) is 0 Å². The Morgan fingerprint density at radius 3 is 2.57 bits per heavy atom. The fourth-order valence-electron chi connectivity index (χ4n) is 1.72. The number of benzene rings is 1. The summed E-state index contributed by atoms with van der Waals surface area (Å²) in [6, 6.07) is 8.77. The molecule has 4 nitrogen and oxygen atoms in total. The van der Waals surface area contributed by atoms with E-state index in [1.54, 1.807) is 42.7 Å². The van der Waals surface area contributed by atoms with Crippen molar-refractivity contribution in [2.24, 2.45) is 5.92 Å². The Balaban J connectivity index is 2.05. The van der Waals surface area contributed by atoms with E-state index in [1.165, 1.54) is 0 Å². The molecule has 0 atom stereocenters. The number of halogens is 1. The third kappa shape index (κ3) is 4.76. The van der Waals surface area contributed by atoms with Crippen LogP contribution in [0.4, 0.5) is 11.4 Å². The predicted molar refractivity (Wildman–Crippen MR) is 87.0 cm³/mol. The van der Waals surface area contributed by atoms with Gasteiger partial charge in [-0.25, -0.2) is 0 Å². The molecule has 5 heteroatoms. The Kier molecular flexibility index (Phi) is 5.17. The minimum atomic E-state index is -0.196. The van der Waals surface area contributed by atoms with E-state index in [2.05, 4.69) is 29.5 Å². The molecule has 0 fully saturated rings. The summed E-state index contributed by atoms with van der Waals surface area (Å²) >= 11 is 5.82. The van der Waals surface area contributed by atoms with E-state index in [9.17, 15) is 4.79 Å². The lowest BCUT2D eigenvalue weighted by Gasteiger charge is -2.10. The molecule has 0 saturated heterocycles. The second kappa shape index (κ2) is 7.09. The van der Waals surface area contributed by atoms with Crippen LogP contribution in [0, 0.1) is 5.92 Å². The van der Waals surface area contributed by atoms with Crippen LogP contribution < -0.4 is 10.6 Å². The molecule has 0 radical (unpaired) electrons. The van der Waals surface area contributed by atoms with Gasteiger partial charge in [-0.1, -0.05) is 25.4 Å². The third-order valence-corrected chi connectivity index (χ3v) is 3.07. The van der Waals surface area contributed by atoms with E-state index in [1.807, 2.05) is 0 Å². The first-order valence-electron chi connectivity index (χ1n) is 6.80. The number of nitrogens with zero attached hydrogens (tertiary/aromatic N) is 1. The minimum absolute atomic E-state index is 0.196. The average molecular weight is 304 g/mol. The predicted octanol–water partition coefficient (Wildman–Crippen LogP) is 4.06. The lowest BCUT2D eigenvalue weighted by Crippen LogP contribution is -2.13. The molecular weight excluding hydrogens is 286 g/mol. The molecule has 2 rings (SSSR count). The van der Waals surface area contributed by atoms with E-state index in [-0.39, 0.29) is 5.91 Å². The number of nitrogens with one attached hydrogen (secondary N) is 2. The van der Waals surface area contributed by atoms with E-state index >= 15 is 0 Å². The van der Waals surface area contributed by atoms with E-state index in [0.29, 0.717) is 22.2 Å². The number of carbonyl (C=O) groups excluding carboxylic acids is 1. The van der Waals surface area contributed by atoms with Gasteiger partial charge in [0, 0.05) is 29.6 Å². The number of aromatic nitrogens is 1. The standard InChI is InChI=1S/C16H18ClN3O/c1-11(2)8-19-15-7-12(9-18-10-15)16(21)20-14-5-3-13(17)4-6-14/h3-7,9-11,19H,8H2,1-2H3,(H,20,21). The summed E-state index contributed by atoms with van der Waals surface area (Å²) in [5.41, 5.74) is 2.05. The lowest BCUT2D eigenvalue weighted by atomic mass is 10.2. The third-order valence-electron chi connectivity index (χ3n) is 2.82. The first kappa shape index (κ1) is 15.3. The molecular formula is C16H18ClN3O. The number of rotatable bonds is 5. The van der Waals surface area contributed by atoms with Gasteiger partial charge in [-0.3, -0.25) is 9.78 Å². The number of hydrogen-bond acceptors (Lipinski definition) is 3. The maximum absolute atomic E-state index is 12.2. The van der Waals surface area contributed by atoms with Gasteiger partial charge in [0.05, 0.1) is 11.3 Å². The van der Waals surface area contributed by atoms with Gasteiger partial charge >= 0.3 is 0 Å². The number of hydrogen-bond donors (Lipinski definition) is 2. The van der Waals surface area contributed by atoms with Crippen LogP contribution in [-0.4, -0.2) is 17.4 Å². The summed E-state index contributed by atoms with van der Waals surface area (Å²) in [4.78, 5) is 16.3. The molecule has 0 spiro atoms. The van der Waals surface area contributed by atoms with Crippen LogP contribution in [0.1, 0.15) is 24.2 Å². The van der Waals surface area contributed by atoms with Crippen LogP contribution in [0.5, 0.6) is 0 Å². The molecule has 0 bridgehead atoms. The molecule has 1 aromatic heterocycles. The van der Waals surface area contributed by atoms with Crippen LogP contribution in [-0.2, 0) is 0 Å². The number of carbonyl (C=O) groups is 1. The normalized spacial score (nSPS) is 10.5. The molecule has 2 aromatic rings. The van der Waals surface area contributed by atoms with Gasteiger partial charge in [0.1, 0.15) is 0 Å². The fraction of sp³-hybridized carbons (Fsp3) is 0.250. The van der Waals surface area contributed by atoms with Gasteiger partial charge in [-0.05, 0) is 36.2 Å². The zero-order chi connectivity index (χ0) is 15.2. The van der Waals surface area contributed by atoms with Gasteiger partial charge in [-0.2, -0.15) is 0 Å². The highest BCUT2D eigenvalue weighted by Gasteiger charge is 2.07. The largest absolute Gasteiger partial charge is 0.384 e. The second-order valence-corrected chi connectivity index (χ2v) is 5.63. The van der Waals surface area contributed by atoms with Crippen molar-refractivity contribution >= 4 is 28.9 Å². The Morgan fingerprint density at radius 2 is 1.90 bits per heavy atom. The van der Waals surface area contributed by atoms with Gasteiger partial charge in [0.15, 0.2) is 0 Å². The van der Waals surface area contributed by atoms with Crippen molar-refractivity contribution in [3.63, 3.8) is 0 Å². The SMILES string of the molecule is CC(C)CNc1cncc(C(=O)Nc2ccc(Cl)cc2)c1. The zero-order valence-electron chi connectivity index (χ0n) is 12.1. The molecule has 0 aliphatic heterocycles. The summed E-state index contributed by atoms with van der Waals surface area (Å²) < 4.78 is 0. The maximum Gasteiger partial charge on any atom is 0.257 e. The Morgan fingerprint density at radius 1 is 1.19 bits per heavy atom. The van der Waals surface area contributed by atoms with Crippen molar-refractivity contribution in [2.75, 3.05) is 17.2 Å². The fourth-order valence-corrected chi connectivity index (χ4v) is 1.85. The molecule has 0 aliphatic carbocycles. The highest BCUT2D eigenvalue weighted by atomic mass is 35.5. The van der Waals surface area contributed by atoms with Crippen molar-refractivity contribution in [2.45, 2.75) is 13.8 Å². The topological polar surface area (TPSA) is 54.0 Å². The van der Waals surface area contributed by atoms with Gasteiger partial charge < -0.3 is 10.6 Å². The highest BCUT2D eigenvalue weighted by Crippen LogP contribution is 2.15. The van der Waals surface area contributed by atoms with Crippen molar-refractivity contribution in [3.8, 4) is 0 Å². The van der Waals surface area contributed by atoms with Crippen LogP contribution in [0.15, 0.2) is 42.7 Å². The smallest absolute Gasteiger partial charge is 0.257 e. The summed E-state index contributed by atoms with van der Waals surface area (Å²) in [6.45, 7) is 5.08. The molecule has 0 saturated carbocycles. The lowest BCUT2D eigenvalue weighted by molar-refractivity contribution is 0.102. The first-order valence-corrected chi connectivity index (χ1v) is 7.18. The van der Waals surface area contributed by atoms with E-state index < -0.39 is 0 Å². The van der Waals surface area contributed by atoms with Gasteiger partial charge in [0.25, 0.3) is 5.91 Å². The van der Waals surface area contributed by atoms with Crippen LogP contribution in [0.3, 0.4) is 0 Å². The molecule has 110 valence electrons. The van der Waals surface area contributed by atoms with Crippen LogP contribution >= 0.6 is 11.6 Å². The van der Waals surface area contributed by atoms with Crippen LogP contribution in [0.2, 0.25) is 5.02 Å². The molecule has 1 amide bonds. The molecule has 2 N–H and O–H groups in total. The summed E-state index contributed by atoms with van der Waals surface area (Å²) in [7, 11) is 0.